The molecule has 0 bridgehead atoms. The van der Waals surface area contributed by atoms with Gasteiger partial charge in [0, 0.05) is 12.3 Å². The lowest BCUT2D eigenvalue weighted by Gasteiger charge is -2.19. The van der Waals surface area contributed by atoms with Gasteiger partial charge in [0.25, 0.3) is 0 Å². The highest BCUT2D eigenvalue weighted by Gasteiger charge is 2.51. The van der Waals surface area contributed by atoms with E-state index in [9.17, 15) is 9.59 Å². The van der Waals surface area contributed by atoms with E-state index in [2.05, 4.69) is 0 Å². The summed E-state index contributed by atoms with van der Waals surface area (Å²) in [6.07, 6.45) is -1.15. The first-order valence-corrected chi connectivity index (χ1v) is 4.67. The molecule has 1 saturated carbocycles. The van der Waals surface area contributed by atoms with Crippen LogP contribution in [0.1, 0.15) is 12.8 Å². The van der Waals surface area contributed by atoms with E-state index in [-0.39, 0.29) is 24.4 Å². The Bertz CT molecular complexity index is 295. The molecule has 2 aliphatic rings. The third-order valence-corrected chi connectivity index (χ3v) is 2.91. The van der Waals surface area contributed by atoms with Crippen LogP contribution in [0, 0.1) is 5.92 Å². The Hall–Kier alpha value is -1.34. The van der Waals surface area contributed by atoms with Gasteiger partial charge in [0.2, 0.25) is 0 Å². The van der Waals surface area contributed by atoms with Crippen LogP contribution >= 0.6 is 0 Å². The molecule has 0 unspecified atom stereocenters. The Labute approximate surface area is 85.5 Å². The van der Waals surface area contributed by atoms with Crippen molar-refractivity contribution < 1.29 is 24.3 Å². The summed E-state index contributed by atoms with van der Waals surface area (Å²) in [5.74, 6) is -0.449. The number of nitrogens with two attached hydrogens (primary N) is 1. The Balaban J connectivity index is 2.06. The number of esters is 1. The minimum atomic E-state index is -0.897. The third kappa shape index (κ3) is 1.75. The summed E-state index contributed by atoms with van der Waals surface area (Å²) >= 11 is 0. The first-order valence-electron chi connectivity index (χ1n) is 4.67. The Morgan fingerprint density at radius 3 is 3.00 bits per heavy atom. The summed E-state index contributed by atoms with van der Waals surface area (Å²) in [6.45, 7) is 0. The fraction of sp³-hybridized carbons (Fsp3) is 0.750. The molecule has 2 fully saturated rings. The van der Waals surface area contributed by atoms with Crippen molar-refractivity contribution in [2.45, 2.75) is 31.1 Å². The number of primary amides is 1. The van der Waals surface area contributed by atoms with E-state index in [0.29, 0.717) is 6.42 Å². The zero-order valence-electron chi connectivity index (χ0n) is 7.88. The van der Waals surface area contributed by atoms with Crippen LogP contribution in [0.2, 0.25) is 0 Å². The molecule has 0 radical (unpaired) electrons. The van der Waals surface area contributed by atoms with E-state index < -0.39 is 18.2 Å². The maximum absolute atomic E-state index is 11.0. The van der Waals surface area contributed by atoms with Crippen molar-refractivity contribution in [1.82, 2.24) is 5.48 Å². The second-order valence-corrected chi connectivity index (χ2v) is 3.76. The predicted molar refractivity (Wildman–Crippen MR) is 45.8 cm³/mol. The predicted octanol–water partition coefficient (Wildman–Crippen LogP) is -0.867. The van der Waals surface area contributed by atoms with Crippen LogP contribution in [0.3, 0.4) is 0 Å². The van der Waals surface area contributed by atoms with E-state index in [4.69, 9.17) is 20.4 Å². The fourth-order valence-corrected chi connectivity index (χ4v) is 2.31. The van der Waals surface area contributed by atoms with Crippen LogP contribution in [0.4, 0.5) is 4.79 Å². The highest BCUT2D eigenvalue weighted by molar-refractivity contribution is 5.72. The minimum Gasteiger partial charge on any atom is -0.462 e. The molecule has 0 aromatic carbocycles. The lowest BCUT2D eigenvalue weighted by molar-refractivity contribution is -0.141. The second-order valence-electron chi connectivity index (χ2n) is 3.76. The molecule has 0 spiro atoms. The Morgan fingerprint density at radius 2 is 2.40 bits per heavy atom. The summed E-state index contributed by atoms with van der Waals surface area (Å²) in [5, 5.41) is 8.93. The van der Waals surface area contributed by atoms with Gasteiger partial charge in [0.1, 0.15) is 12.2 Å². The number of carbonyl (C=O) groups is 2. The first-order chi connectivity index (χ1) is 7.11. The van der Waals surface area contributed by atoms with Crippen LogP contribution < -0.4 is 11.2 Å². The molecule has 1 amide bonds. The average Bonchev–Trinajstić information content (AvgIpc) is 2.59. The molecule has 1 heterocycles. The molecule has 0 aromatic heterocycles. The summed E-state index contributed by atoms with van der Waals surface area (Å²) in [7, 11) is 0. The number of hydroxylamine groups is 1. The number of fused-ring (bicyclic) bond motifs is 1. The highest BCUT2D eigenvalue weighted by Crippen LogP contribution is 2.38. The van der Waals surface area contributed by atoms with Crippen LogP contribution in [-0.4, -0.2) is 35.5 Å². The standard InChI is InChI=1S/C8H12N2O5/c9-8(12)15-5-2-4-3(7(5)10-13)1-6(11)14-4/h3-5,7,10,13H,1-2H2,(H2,9,12)/t3-,4-,5+,7+/m0/s1. The van der Waals surface area contributed by atoms with Gasteiger partial charge in [-0.2, -0.15) is 5.48 Å². The largest absolute Gasteiger partial charge is 0.462 e. The van der Waals surface area contributed by atoms with E-state index in [1.54, 1.807) is 0 Å². The van der Waals surface area contributed by atoms with Crippen LogP contribution in [-0.2, 0) is 14.3 Å². The molecule has 7 heteroatoms. The van der Waals surface area contributed by atoms with Crippen molar-refractivity contribution in [2.24, 2.45) is 11.7 Å². The van der Waals surface area contributed by atoms with Crippen molar-refractivity contribution >= 4 is 12.1 Å². The average molecular weight is 216 g/mol. The van der Waals surface area contributed by atoms with Crippen LogP contribution in [0.15, 0.2) is 0 Å². The molecule has 84 valence electrons. The van der Waals surface area contributed by atoms with E-state index >= 15 is 0 Å². The topological polar surface area (TPSA) is 111 Å². The molecule has 1 aliphatic heterocycles. The van der Waals surface area contributed by atoms with Gasteiger partial charge in [-0.1, -0.05) is 0 Å². The SMILES string of the molecule is NC(=O)O[C@@H]1C[C@@H]2OC(=O)C[C@@H]2[C@H]1NO. The van der Waals surface area contributed by atoms with Crippen molar-refractivity contribution in [1.29, 1.82) is 0 Å². The van der Waals surface area contributed by atoms with Gasteiger partial charge in [-0.25, -0.2) is 4.79 Å². The second kappa shape index (κ2) is 3.67. The maximum atomic E-state index is 11.0. The number of carbonyl (C=O) groups excluding carboxylic acids is 2. The Kier molecular flexibility index (Phi) is 2.49. The molecular weight excluding hydrogens is 204 g/mol. The minimum absolute atomic E-state index is 0.160. The Morgan fingerprint density at radius 1 is 1.67 bits per heavy atom. The van der Waals surface area contributed by atoms with Crippen molar-refractivity contribution in [3.8, 4) is 0 Å². The summed E-state index contributed by atoms with van der Waals surface area (Å²) in [4.78, 5) is 21.6. The molecule has 1 saturated heterocycles. The molecule has 4 N–H and O–H groups in total. The number of hydrogen-bond donors (Lipinski definition) is 3. The van der Waals surface area contributed by atoms with Gasteiger partial charge in [-0.15, -0.1) is 0 Å². The molecule has 7 nitrogen and oxygen atoms in total. The van der Waals surface area contributed by atoms with E-state index in [1.165, 1.54) is 0 Å². The third-order valence-electron chi connectivity index (χ3n) is 2.91. The number of rotatable bonds is 2. The molecule has 15 heavy (non-hydrogen) atoms. The van der Waals surface area contributed by atoms with Gasteiger partial charge in [0.15, 0.2) is 0 Å². The normalized spacial score (nSPS) is 38.6. The van der Waals surface area contributed by atoms with Gasteiger partial charge >= 0.3 is 12.1 Å². The highest BCUT2D eigenvalue weighted by atomic mass is 16.6. The summed E-state index contributed by atoms with van der Waals surface area (Å²) < 4.78 is 9.82. The lowest BCUT2D eigenvalue weighted by atomic mass is 10.0. The molecule has 4 atom stereocenters. The number of ether oxygens (including phenoxy) is 2. The quantitative estimate of drug-likeness (QED) is 0.409. The summed E-state index contributed by atoms with van der Waals surface area (Å²) in [5.41, 5.74) is 6.93. The van der Waals surface area contributed by atoms with Gasteiger partial charge in [-0.3, -0.25) is 4.79 Å². The fourth-order valence-electron chi connectivity index (χ4n) is 2.31. The van der Waals surface area contributed by atoms with Crippen molar-refractivity contribution in [2.75, 3.05) is 0 Å². The molecular formula is C8H12N2O5. The van der Waals surface area contributed by atoms with Crippen molar-refractivity contribution in [3.63, 3.8) is 0 Å². The number of nitrogens with one attached hydrogen (secondary N) is 1. The zero-order chi connectivity index (χ0) is 11.0. The van der Waals surface area contributed by atoms with E-state index in [1.807, 2.05) is 5.48 Å². The molecule has 2 rings (SSSR count). The van der Waals surface area contributed by atoms with Crippen LogP contribution in [0.5, 0.6) is 0 Å². The van der Waals surface area contributed by atoms with E-state index in [0.717, 1.165) is 0 Å². The first kappa shape index (κ1) is 10.2. The number of amides is 1. The monoisotopic (exact) mass is 216 g/mol. The summed E-state index contributed by atoms with van der Waals surface area (Å²) in [6, 6.07) is -0.492. The smallest absolute Gasteiger partial charge is 0.404 e. The number of hydrogen-bond acceptors (Lipinski definition) is 6. The van der Waals surface area contributed by atoms with Crippen molar-refractivity contribution in [3.05, 3.63) is 0 Å². The molecule has 0 aromatic rings. The van der Waals surface area contributed by atoms with Gasteiger partial charge < -0.3 is 20.4 Å². The van der Waals surface area contributed by atoms with Gasteiger partial charge in [0.05, 0.1) is 12.5 Å². The maximum Gasteiger partial charge on any atom is 0.404 e. The lowest BCUT2D eigenvalue weighted by Crippen LogP contribution is -2.41. The van der Waals surface area contributed by atoms with Gasteiger partial charge in [-0.05, 0) is 0 Å². The zero-order valence-corrected chi connectivity index (χ0v) is 7.88. The molecule has 1 aliphatic carbocycles. The van der Waals surface area contributed by atoms with Crippen LogP contribution in [0.25, 0.3) is 0 Å².